The van der Waals surface area contributed by atoms with E-state index in [1.54, 1.807) is 18.2 Å². The number of hydrogen-bond acceptors (Lipinski definition) is 6. The first kappa shape index (κ1) is 17.9. The summed E-state index contributed by atoms with van der Waals surface area (Å²) in [6, 6.07) is 8.86. The summed E-state index contributed by atoms with van der Waals surface area (Å²) in [5, 5.41) is 18.9. The molecular formula is C18H18N4O3. The zero-order chi connectivity index (χ0) is 18.6. The van der Waals surface area contributed by atoms with Gasteiger partial charge < -0.3 is 20.2 Å². The number of nitriles is 2. The quantitative estimate of drug-likeness (QED) is 0.863. The van der Waals surface area contributed by atoms with Crippen molar-refractivity contribution in [1.29, 1.82) is 10.5 Å². The Morgan fingerprint density at radius 3 is 2.52 bits per heavy atom. The predicted molar refractivity (Wildman–Crippen MR) is 93.3 cm³/mol. The molecule has 25 heavy (non-hydrogen) atoms. The van der Waals surface area contributed by atoms with Crippen molar-refractivity contribution in [2.75, 3.05) is 12.8 Å². The Labute approximate surface area is 145 Å². The third kappa shape index (κ3) is 3.26. The van der Waals surface area contributed by atoms with E-state index in [9.17, 15) is 15.3 Å². The summed E-state index contributed by atoms with van der Waals surface area (Å²) >= 11 is 0. The summed E-state index contributed by atoms with van der Waals surface area (Å²) < 4.78 is 11.3. The minimum absolute atomic E-state index is 0.0124. The number of methoxy groups -OCH3 is 1. The molecule has 128 valence electrons. The SMILES string of the molecule is CCC(C)Oc1c(OC)cccc1-c1c(C#N)c(N)[nH]c(=O)c1C#N. The van der Waals surface area contributed by atoms with Crippen molar-refractivity contribution in [1.82, 2.24) is 4.98 Å². The van der Waals surface area contributed by atoms with Crippen LogP contribution in [0.1, 0.15) is 31.4 Å². The van der Waals surface area contributed by atoms with Crippen molar-refractivity contribution in [3.63, 3.8) is 0 Å². The number of rotatable bonds is 5. The van der Waals surface area contributed by atoms with E-state index < -0.39 is 5.56 Å². The highest BCUT2D eigenvalue weighted by atomic mass is 16.5. The maximum Gasteiger partial charge on any atom is 0.268 e. The van der Waals surface area contributed by atoms with Crippen molar-refractivity contribution in [3.8, 4) is 34.8 Å². The summed E-state index contributed by atoms with van der Waals surface area (Å²) in [7, 11) is 1.49. The van der Waals surface area contributed by atoms with E-state index in [0.29, 0.717) is 17.1 Å². The molecule has 0 fully saturated rings. The van der Waals surface area contributed by atoms with Crippen LogP contribution in [0, 0.1) is 22.7 Å². The third-order valence-electron chi connectivity index (χ3n) is 3.83. The lowest BCUT2D eigenvalue weighted by atomic mass is 9.95. The molecular weight excluding hydrogens is 320 g/mol. The number of aromatic nitrogens is 1. The van der Waals surface area contributed by atoms with E-state index in [2.05, 4.69) is 4.98 Å². The number of hydrogen-bond donors (Lipinski definition) is 2. The fraction of sp³-hybridized carbons (Fsp3) is 0.278. The van der Waals surface area contributed by atoms with Gasteiger partial charge in [-0.3, -0.25) is 4.79 Å². The number of anilines is 1. The lowest BCUT2D eigenvalue weighted by Crippen LogP contribution is -2.17. The van der Waals surface area contributed by atoms with Gasteiger partial charge >= 0.3 is 0 Å². The van der Waals surface area contributed by atoms with E-state index in [0.717, 1.165) is 6.42 Å². The lowest BCUT2D eigenvalue weighted by Gasteiger charge is -2.20. The van der Waals surface area contributed by atoms with Crippen molar-refractivity contribution in [2.24, 2.45) is 0 Å². The molecule has 0 radical (unpaired) electrons. The van der Waals surface area contributed by atoms with Gasteiger partial charge in [0.15, 0.2) is 11.5 Å². The second kappa shape index (κ2) is 7.41. The van der Waals surface area contributed by atoms with Crippen LogP contribution in [0.15, 0.2) is 23.0 Å². The Kier molecular flexibility index (Phi) is 5.31. The average Bonchev–Trinajstić information content (AvgIpc) is 2.61. The molecule has 3 N–H and O–H groups in total. The third-order valence-corrected chi connectivity index (χ3v) is 3.83. The molecule has 0 saturated carbocycles. The summed E-state index contributed by atoms with van der Waals surface area (Å²) in [6.45, 7) is 3.85. The van der Waals surface area contributed by atoms with Crippen LogP contribution in [-0.4, -0.2) is 18.2 Å². The zero-order valence-corrected chi connectivity index (χ0v) is 14.2. The molecule has 0 spiro atoms. The Hall–Kier alpha value is -3.45. The van der Waals surface area contributed by atoms with Crippen LogP contribution in [0.4, 0.5) is 5.82 Å². The van der Waals surface area contributed by atoms with Crippen molar-refractivity contribution in [2.45, 2.75) is 26.4 Å². The number of para-hydroxylation sites is 1. The molecule has 0 amide bonds. The van der Waals surface area contributed by atoms with Gasteiger partial charge in [0.2, 0.25) is 0 Å². The van der Waals surface area contributed by atoms with Crippen LogP contribution in [0.3, 0.4) is 0 Å². The Bertz CT molecular complexity index is 935. The molecule has 0 aliphatic rings. The van der Waals surface area contributed by atoms with Crippen LogP contribution in [0.5, 0.6) is 11.5 Å². The molecule has 1 aromatic heterocycles. The first-order valence-corrected chi connectivity index (χ1v) is 7.68. The van der Waals surface area contributed by atoms with Crippen molar-refractivity contribution >= 4 is 5.82 Å². The highest BCUT2D eigenvalue weighted by Crippen LogP contribution is 2.41. The van der Waals surface area contributed by atoms with Gasteiger partial charge in [0.25, 0.3) is 5.56 Å². The topological polar surface area (TPSA) is 125 Å². The normalized spacial score (nSPS) is 11.2. The summed E-state index contributed by atoms with van der Waals surface area (Å²) in [5.41, 5.74) is 5.48. The van der Waals surface area contributed by atoms with E-state index in [-0.39, 0.29) is 28.6 Å². The number of pyridine rings is 1. The Morgan fingerprint density at radius 2 is 1.96 bits per heavy atom. The summed E-state index contributed by atoms with van der Waals surface area (Å²) in [4.78, 5) is 14.5. The lowest BCUT2D eigenvalue weighted by molar-refractivity contribution is 0.208. The van der Waals surface area contributed by atoms with E-state index in [4.69, 9.17) is 15.2 Å². The van der Waals surface area contributed by atoms with Gasteiger partial charge in [0, 0.05) is 11.1 Å². The fourth-order valence-corrected chi connectivity index (χ4v) is 2.39. The van der Waals surface area contributed by atoms with Gasteiger partial charge in [-0.1, -0.05) is 19.1 Å². The van der Waals surface area contributed by atoms with Crippen LogP contribution in [-0.2, 0) is 0 Å². The maximum absolute atomic E-state index is 12.1. The van der Waals surface area contributed by atoms with Crippen LogP contribution in [0.25, 0.3) is 11.1 Å². The maximum atomic E-state index is 12.1. The van der Waals surface area contributed by atoms with E-state index in [1.807, 2.05) is 26.0 Å². The zero-order valence-electron chi connectivity index (χ0n) is 14.2. The predicted octanol–water partition coefficient (Wildman–Crippen LogP) is 2.55. The van der Waals surface area contributed by atoms with Gasteiger partial charge in [-0.05, 0) is 19.4 Å². The van der Waals surface area contributed by atoms with Crippen molar-refractivity contribution in [3.05, 3.63) is 39.7 Å². The first-order valence-electron chi connectivity index (χ1n) is 7.68. The molecule has 0 bridgehead atoms. The number of nitrogen functional groups attached to an aromatic ring is 1. The fourth-order valence-electron chi connectivity index (χ4n) is 2.39. The Balaban J connectivity index is 2.91. The highest BCUT2D eigenvalue weighted by Gasteiger charge is 2.23. The summed E-state index contributed by atoms with van der Waals surface area (Å²) in [5.74, 6) is 0.695. The molecule has 7 nitrogen and oxygen atoms in total. The molecule has 1 aromatic carbocycles. The molecule has 1 heterocycles. The van der Waals surface area contributed by atoms with Gasteiger partial charge in [-0.15, -0.1) is 0 Å². The van der Waals surface area contributed by atoms with Crippen molar-refractivity contribution < 1.29 is 9.47 Å². The van der Waals surface area contributed by atoms with Gasteiger partial charge in [-0.2, -0.15) is 10.5 Å². The standard InChI is InChI=1S/C18H18N4O3/c1-4-10(2)25-16-11(6-5-7-14(16)24-3)15-12(8-19)17(21)22-18(23)13(15)9-20/h5-7,10H,4H2,1-3H3,(H3,21,22,23). The minimum atomic E-state index is -0.661. The highest BCUT2D eigenvalue weighted by molar-refractivity contribution is 5.85. The molecule has 7 heteroatoms. The number of ether oxygens (including phenoxy) is 2. The molecule has 2 rings (SSSR count). The van der Waals surface area contributed by atoms with Crippen LogP contribution < -0.4 is 20.8 Å². The molecule has 0 aliphatic heterocycles. The second-order valence-corrected chi connectivity index (χ2v) is 5.39. The second-order valence-electron chi connectivity index (χ2n) is 5.39. The molecule has 1 atom stereocenters. The minimum Gasteiger partial charge on any atom is -0.493 e. The molecule has 2 aromatic rings. The Morgan fingerprint density at radius 1 is 1.28 bits per heavy atom. The van der Waals surface area contributed by atoms with E-state index in [1.165, 1.54) is 7.11 Å². The largest absolute Gasteiger partial charge is 0.493 e. The molecule has 1 unspecified atom stereocenters. The number of H-pyrrole nitrogens is 1. The van der Waals surface area contributed by atoms with Crippen LogP contribution >= 0.6 is 0 Å². The van der Waals surface area contributed by atoms with Crippen LogP contribution in [0.2, 0.25) is 0 Å². The molecule has 0 aliphatic carbocycles. The first-order chi connectivity index (χ1) is 12.0. The van der Waals surface area contributed by atoms with Gasteiger partial charge in [0.05, 0.1) is 13.2 Å². The smallest absolute Gasteiger partial charge is 0.268 e. The molecule has 0 saturated heterocycles. The van der Waals surface area contributed by atoms with Gasteiger partial charge in [-0.25, -0.2) is 0 Å². The van der Waals surface area contributed by atoms with Gasteiger partial charge in [0.1, 0.15) is 29.1 Å². The van der Waals surface area contributed by atoms with E-state index >= 15 is 0 Å². The number of aromatic amines is 1. The average molecular weight is 338 g/mol. The number of nitrogens with two attached hydrogens (primary N) is 1. The number of benzene rings is 1. The monoisotopic (exact) mass is 338 g/mol. The number of nitrogens with one attached hydrogen (secondary N) is 1. The number of nitrogens with zero attached hydrogens (tertiary/aromatic N) is 2. The summed E-state index contributed by atoms with van der Waals surface area (Å²) in [6.07, 6.45) is 0.607.